The zero-order valence-corrected chi connectivity index (χ0v) is 7.46. The molecule has 0 atom stereocenters. The molecule has 0 spiro atoms. The van der Waals surface area contributed by atoms with Crippen molar-refractivity contribution in [3.63, 3.8) is 0 Å². The molecule has 0 aliphatic rings. The van der Waals surface area contributed by atoms with E-state index in [-0.39, 0.29) is 5.89 Å². The standard InChI is InChI=1S/C6H6F3N3O3/c1-3-10-4(11-15-3)5(13)12-14-2-6(7,8)9/h2H2,1H3,(H,12,13). The summed E-state index contributed by atoms with van der Waals surface area (Å²) in [6, 6.07) is 0. The van der Waals surface area contributed by atoms with Crippen LogP contribution < -0.4 is 5.48 Å². The number of hydrogen-bond donors (Lipinski definition) is 1. The van der Waals surface area contributed by atoms with Gasteiger partial charge in [-0.25, -0.2) is 5.48 Å². The summed E-state index contributed by atoms with van der Waals surface area (Å²) in [6.45, 7) is -0.157. The second-order valence-corrected chi connectivity index (χ2v) is 2.47. The molecule has 0 saturated heterocycles. The summed E-state index contributed by atoms with van der Waals surface area (Å²) in [5, 5.41) is 3.17. The third-order valence-corrected chi connectivity index (χ3v) is 1.13. The van der Waals surface area contributed by atoms with Crippen LogP contribution in [0.5, 0.6) is 0 Å². The fraction of sp³-hybridized carbons (Fsp3) is 0.500. The topological polar surface area (TPSA) is 77.2 Å². The van der Waals surface area contributed by atoms with Crippen molar-refractivity contribution in [1.29, 1.82) is 0 Å². The Bertz CT molecular complexity index is 349. The lowest BCUT2D eigenvalue weighted by molar-refractivity contribution is -0.184. The van der Waals surface area contributed by atoms with E-state index in [1.807, 2.05) is 0 Å². The fourth-order valence-corrected chi connectivity index (χ4v) is 0.621. The van der Waals surface area contributed by atoms with Crippen molar-refractivity contribution >= 4 is 5.91 Å². The Morgan fingerprint density at radius 3 is 2.73 bits per heavy atom. The SMILES string of the molecule is Cc1nc(C(=O)NOCC(F)(F)F)no1. The van der Waals surface area contributed by atoms with Gasteiger partial charge in [-0.15, -0.1) is 0 Å². The van der Waals surface area contributed by atoms with Crippen LogP contribution in [0.25, 0.3) is 0 Å². The first-order valence-electron chi connectivity index (χ1n) is 3.67. The molecule has 1 aromatic heterocycles. The van der Waals surface area contributed by atoms with Gasteiger partial charge in [-0.2, -0.15) is 18.2 Å². The molecule has 9 heteroatoms. The number of nitrogens with zero attached hydrogens (tertiary/aromatic N) is 2. The third-order valence-electron chi connectivity index (χ3n) is 1.13. The molecule has 84 valence electrons. The van der Waals surface area contributed by atoms with Crippen molar-refractivity contribution in [2.24, 2.45) is 0 Å². The number of aromatic nitrogens is 2. The van der Waals surface area contributed by atoms with Crippen LogP contribution >= 0.6 is 0 Å². The van der Waals surface area contributed by atoms with Crippen LogP contribution in [0.1, 0.15) is 16.5 Å². The van der Waals surface area contributed by atoms with Crippen molar-refractivity contribution in [3.05, 3.63) is 11.7 Å². The van der Waals surface area contributed by atoms with Crippen LogP contribution in [-0.2, 0) is 4.84 Å². The first-order valence-corrected chi connectivity index (χ1v) is 3.67. The highest BCUT2D eigenvalue weighted by molar-refractivity contribution is 5.89. The van der Waals surface area contributed by atoms with E-state index >= 15 is 0 Å². The number of aryl methyl sites for hydroxylation is 1. The van der Waals surface area contributed by atoms with Gasteiger partial charge >= 0.3 is 12.1 Å². The van der Waals surface area contributed by atoms with Crippen molar-refractivity contribution in [2.45, 2.75) is 13.1 Å². The van der Waals surface area contributed by atoms with E-state index in [9.17, 15) is 18.0 Å². The monoisotopic (exact) mass is 225 g/mol. The van der Waals surface area contributed by atoms with Crippen LogP contribution in [0.4, 0.5) is 13.2 Å². The first-order chi connectivity index (χ1) is 6.88. The maximum atomic E-state index is 11.6. The van der Waals surface area contributed by atoms with E-state index < -0.39 is 24.5 Å². The van der Waals surface area contributed by atoms with Crippen molar-refractivity contribution in [1.82, 2.24) is 15.6 Å². The van der Waals surface area contributed by atoms with E-state index in [4.69, 9.17) is 0 Å². The Balaban J connectivity index is 2.37. The zero-order chi connectivity index (χ0) is 11.5. The molecule has 1 rings (SSSR count). The van der Waals surface area contributed by atoms with Crippen LogP contribution in [0, 0.1) is 6.92 Å². The van der Waals surface area contributed by atoms with Gasteiger partial charge in [0.15, 0.2) is 6.61 Å². The molecule has 0 aromatic carbocycles. The summed E-state index contributed by atoms with van der Waals surface area (Å²) in [5.41, 5.74) is 1.52. The highest BCUT2D eigenvalue weighted by Crippen LogP contribution is 2.13. The molecule has 0 fully saturated rings. The molecule has 0 aliphatic carbocycles. The lowest BCUT2D eigenvalue weighted by Gasteiger charge is -2.06. The molecule has 1 N–H and O–H groups in total. The van der Waals surface area contributed by atoms with Gasteiger partial charge < -0.3 is 4.52 Å². The van der Waals surface area contributed by atoms with Crippen LogP contribution in [0.2, 0.25) is 0 Å². The zero-order valence-electron chi connectivity index (χ0n) is 7.46. The Hall–Kier alpha value is -1.64. The number of amides is 1. The van der Waals surface area contributed by atoms with Gasteiger partial charge in [0.05, 0.1) is 0 Å². The number of nitrogens with one attached hydrogen (secondary N) is 1. The second kappa shape index (κ2) is 4.26. The van der Waals surface area contributed by atoms with Crippen molar-refractivity contribution in [2.75, 3.05) is 6.61 Å². The van der Waals surface area contributed by atoms with E-state index in [0.29, 0.717) is 0 Å². The molecule has 0 saturated carbocycles. The van der Waals surface area contributed by atoms with Gasteiger partial charge in [0.1, 0.15) is 0 Å². The number of halogens is 3. The minimum atomic E-state index is -4.51. The molecule has 15 heavy (non-hydrogen) atoms. The van der Waals surface area contributed by atoms with Gasteiger partial charge in [0, 0.05) is 6.92 Å². The highest BCUT2D eigenvalue weighted by Gasteiger charge is 2.28. The highest BCUT2D eigenvalue weighted by atomic mass is 19.4. The Morgan fingerprint density at radius 2 is 2.27 bits per heavy atom. The number of hydroxylamine groups is 1. The Labute approximate surface area is 81.4 Å². The van der Waals surface area contributed by atoms with E-state index in [1.165, 1.54) is 12.4 Å². The molecule has 0 aliphatic heterocycles. The molecular weight excluding hydrogens is 219 g/mol. The third kappa shape index (κ3) is 3.94. The second-order valence-electron chi connectivity index (χ2n) is 2.47. The summed E-state index contributed by atoms with van der Waals surface area (Å²) in [6.07, 6.45) is -4.51. The van der Waals surface area contributed by atoms with Gasteiger partial charge in [0.25, 0.3) is 5.82 Å². The largest absolute Gasteiger partial charge is 0.414 e. The number of carbonyl (C=O) groups excluding carboxylic acids is 1. The average Bonchev–Trinajstić information content (AvgIpc) is 2.49. The smallest absolute Gasteiger partial charge is 0.339 e. The van der Waals surface area contributed by atoms with Crippen molar-refractivity contribution in [3.8, 4) is 0 Å². The van der Waals surface area contributed by atoms with Crippen LogP contribution in [0.3, 0.4) is 0 Å². The number of carbonyl (C=O) groups is 1. The lowest BCUT2D eigenvalue weighted by Crippen LogP contribution is -2.30. The minimum Gasteiger partial charge on any atom is -0.339 e. The predicted octanol–water partition coefficient (Wildman–Crippen LogP) is 0.602. The number of hydrogen-bond acceptors (Lipinski definition) is 5. The van der Waals surface area contributed by atoms with E-state index in [0.717, 1.165) is 0 Å². The molecule has 1 amide bonds. The van der Waals surface area contributed by atoms with Crippen LogP contribution in [-0.4, -0.2) is 28.8 Å². The van der Waals surface area contributed by atoms with Crippen LogP contribution in [0.15, 0.2) is 4.52 Å². The molecule has 0 unspecified atom stereocenters. The number of rotatable bonds is 3. The molecular formula is C6H6F3N3O3. The van der Waals surface area contributed by atoms with Gasteiger partial charge in [0.2, 0.25) is 5.89 Å². The summed E-state index contributed by atoms with van der Waals surface area (Å²) in [4.78, 5) is 18.3. The summed E-state index contributed by atoms with van der Waals surface area (Å²) in [7, 11) is 0. The molecule has 0 radical (unpaired) electrons. The Kier molecular flexibility index (Phi) is 3.24. The fourth-order valence-electron chi connectivity index (χ4n) is 0.621. The van der Waals surface area contributed by atoms with Crippen molar-refractivity contribution < 1.29 is 27.3 Å². The summed E-state index contributed by atoms with van der Waals surface area (Å²) in [5.74, 6) is -1.28. The first kappa shape index (κ1) is 11.4. The summed E-state index contributed by atoms with van der Waals surface area (Å²) < 4.78 is 39.2. The van der Waals surface area contributed by atoms with Gasteiger partial charge in [-0.3, -0.25) is 9.63 Å². The molecule has 1 aromatic rings. The summed E-state index contributed by atoms with van der Waals surface area (Å²) >= 11 is 0. The van der Waals surface area contributed by atoms with Gasteiger partial charge in [-0.1, -0.05) is 5.16 Å². The Morgan fingerprint density at radius 1 is 1.60 bits per heavy atom. The molecule has 1 heterocycles. The van der Waals surface area contributed by atoms with E-state index in [2.05, 4.69) is 19.5 Å². The molecule has 6 nitrogen and oxygen atoms in total. The maximum Gasteiger partial charge on any atom is 0.414 e. The molecule has 0 bridgehead atoms. The van der Waals surface area contributed by atoms with Gasteiger partial charge in [-0.05, 0) is 0 Å². The minimum absolute atomic E-state index is 0.121. The lowest BCUT2D eigenvalue weighted by atomic mass is 10.6. The number of alkyl halides is 3. The predicted molar refractivity (Wildman–Crippen MR) is 38.5 cm³/mol. The normalized spacial score (nSPS) is 11.5. The van der Waals surface area contributed by atoms with E-state index in [1.54, 1.807) is 0 Å². The maximum absolute atomic E-state index is 11.6. The quantitative estimate of drug-likeness (QED) is 0.762. The average molecular weight is 225 g/mol.